The smallest absolute Gasteiger partial charge is 0.246 e. The summed E-state index contributed by atoms with van der Waals surface area (Å²) in [6.45, 7) is 2.04. The number of halogens is 1. The van der Waals surface area contributed by atoms with E-state index >= 15 is 0 Å². The van der Waals surface area contributed by atoms with Crippen molar-refractivity contribution in [3.8, 4) is 11.6 Å². The van der Waals surface area contributed by atoms with E-state index in [2.05, 4.69) is 9.97 Å². The summed E-state index contributed by atoms with van der Waals surface area (Å²) in [7, 11) is -1.05. The minimum Gasteiger partial charge on any atom is -0.435 e. The first-order valence-electron chi connectivity index (χ1n) is 6.48. The molecule has 0 aliphatic carbocycles. The standard InChI is InChI=1S/C15H13ClN2O2S/c1-3-9-4-7-13(16)18-14(9)15-17-11-8-10(21(2)19)5-6-12(11)20-15/h4-8H,3H2,1-2H3. The number of hydrogen-bond donors (Lipinski definition) is 0. The molecule has 3 aromatic rings. The second-order valence-electron chi connectivity index (χ2n) is 4.60. The van der Waals surface area contributed by atoms with Crippen molar-refractivity contribution in [1.82, 2.24) is 9.97 Å². The lowest BCUT2D eigenvalue weighted by Crippen LogP contribution is -1.92. The van der Waals surface area contributed by atoms with Gasteiger partial charge in [0.05, 0.1) is 0 Å². The molecule has 21 heavy (non-hydrogen) atoms. The second-order valence-corrected chi connectivity index (χ2v) is 6.36. The fraction of sp³-hybridized carbons (Fsp3) is 0.200. The molecule has 0 aliphatic rings. The maximum atomic E-state index is 11.5. The van der Waals surface area contributed by atoms with Crippen molar-refractivity contribution in [2.24, 2.45) is 0 Å². The summed E-state index contributed by atoms with van der Waals surface area (Å²) in [5.74, 6) is 0.434. The van der Waals surface area contributed by atoms with E-state index < -0.39 is 10.8 Å². The van der Waals surface area contributed by atoms with E-state index in [0.717, 1.165) is 16.9 Å². The second kappa shape index (κ2) is 5.58. The third kappa shape index (κ3) is 2.71. The van der Waals surface area contributed by atoms with Gasteiger partial charge in [0, 0.05) is 22.0 Å². The number of nitrogens with zero attached hydrogens (tertiary/aromatic N) is 2. The highest BCUT2D eigenvalue weighted by Gasteiger charge is 2.14. The Hall–Kier alpha value is -1.72. The van der Waals surface area contributed by atoms with Crippen LogP contribution in [-0.2, 0) is 17.2 Å². The monoisotopic (exact) mass is 320 g/mol. The van der Waals surface area contributed by atoms with Crippen molar-refractivity contribution >= 4 is 33.5 Å². The molecule has 2 aromatic heterocycles. The molecule has 6 heteroatoms. The van der Waals surface area contributed by atoms with Crippen molar-refractivity contribution in [3.05, 3.63) is 41.0 Å². The molecule has 0 N–H and O–H groups in total. The number of hydrogen-bond acceptors (Lipinski definition) is 4. The first kappa shape index (κ1) is 14.2. The average molecular weight is 321 g/mol. The molecule has 1 unspecified atom stereocenters. The van der Waals surface area contributed by atoms with Gasteiger partial charge >= 0.3 is 0 Å². The van der Waals surface area contributed by atoms with E-state index in [0.29, 0.717) is 27.8 Å². The van der Waals surface area contributed by atoms with E-state index in [9.17, 15) is 4.21 Å². The quantitative estimate of drug-likeness (QED) is 0.688. The van der Waals surface area contributed by atoms with Crippen LogP contribution in [0, 0.1) is 0 Å². The van der Waals surface area contributed by atoms with Crippen LogP contribution in [0.4, 0.5) is 0 Å². The highest BCUT2D eigenvalue weighted by Crippen LogP contribution is 2.28. The zero-order chi connectivity index (χ0) is 15.0. The Kier molecular flexibility index (Phi) is 3.78. The summed E-state index contributed by atoms with van der Waals surface area (Å²) >= 11 is 5.97. The minimum absolute atomic E-state index is 0.403. The highest BCUT2D eigenvalue weighted by molar-refractivity contribution is 7.84. The number of fused-ring (bicyclic) bond motifs is 1. The summed E-state index contributed by atoms with van der Waals surface area (Å²) in [5, 5.41) is 0.403. The van der Waals surface area contributed by atoms with Gasteiger partial charge in [-0.15, -0.1) is 0 Å². The Balaban J connectivity index is 2.17. The van der Waals surface area contributed by atoms with Gasteiger partial charge < -0.3 is 4.42 Å². The Morgan fingerprint density at radius 1 is 1.24 bits per heavy atom. The Bertz CT molecular complexity index is 845. The first-order chi connectivity index (χ1) is 10.1. The van der Waals surface area contributed by atoms with E-state index in [1.54, 1.807) is 30.5 Å². The molecule has 0 saturated heterocycles. The maximum absolute atomic E-state index is 11.5. The molecule has 2 heterocycles. The molecule has 0 spiro atoms. The Morgan fingerprint density at radius 2 is 2.05 bits per heavy atom. The molecule has 0 radical (unpaired) electrons. The average Bonchev–Trinajstić information content (AvgIpc) is 2.89. The van der Waals surface area contributed by atoms with Crippen LogP contribution in [0.1, 0.15) is 12.5 Å². The van der Waals surface area contributed by atoms with E-state index in [4.69, 9.17) is 16.0 Å². The number of aryl methyl sites for hydroxylation is 1. The highest BCUT2D eigenvalue weighted by atomic mass is 35.5. The molecule has 1 aromatic carbocycles. The third-order valence-corrected chi connectivity index (χ3v) is 4.35. The van der Waals surface area contributed by atoms with Crippen molar-refractivity contribution < 1.29 is 8.63 Å². The predicted octanol–water partition coefficient (Wildman–Crippen LogP) is 3.84. The van der Waals surface area contributed by atoms with Crippen LogP contribution in [0.2, 0.25) is 5.15 Å². The fourth-order valence-electron chi connectivity index (χ4n) is 2.12. The summed E-state index contributed by atoms with van der Waals surface area (Å²) < 4.78 is 17.3. The molecule has 3 rings (SSSR count). The van der Waals surface area contributed by atoms with Gasteiger partial charge in [-0.1, -0.05) is 24.6 Å². The predicted molar refractivity (Wildman–Crippen MR) is 84.0 cm³/mol. The number of pyridine rings is 1. The molecule has 0 amide bonds. The molecule has 0 saturated carbocycles. The summed E-state index contributed by atoms with van der Waals surface area (Å²) in [6, 6.07) is 9.00. The normalized spacial score (nSPS) is 12.7. The zero-order valence-corrected chi connectivity index (χ0v) is 13.2. The van der Waals surface area contributed by atoms with Gasteiger partial charge in [-0.2, -0.15) is 0 Å². The van der Waals surface area contributed by atoms with Crippen LogP contribution >= 0.6 is 11.6 Å². The molecule has 0 fully saturated rings. The third-order valence-electron chi connectivity index (χ3n) is 3.22. The van der Waals surface area contributed by atoms with Gasteiger partial charge in [0.25, 0.3) is 0 Å². The van der Waals surface area contributed by atoms with Crippen LogP contribution in [0.25, 0.3) is 22.7 Å². The van der Waals surface area contributed by atoms with Gasteiger partial charge in [-0.3, -0.25) is 4.21 Å². The molecule has 1 atom stereocenters. The number of rotatable bonds is 3. The van der Waals surface area contributed by atoms with Crippen LogP contribution in [0.3, 0.4) is 0 Å². The fourth-order valence-corrected chi connectivity index (χ4v) is 2.81. The van der Waals surface area contributed by atoms with E-state index in [-0.39, 0.29) is 0 Å². The van der Waals surface area contributed by atoms with Crippen molar-refractivity contribution in [3.63, 3.8) is 0 Å². The van der Waals surface area contributed by atoms with Crippen LogP contribution in [0.5, 0.6) is 0 Å². The van der Waals surface area contributed by atoms with Crippen LogP contribution < -0.4 is 0 Å². The summed E-state index contributed by atoms with van der Waals surface area (Å²) in [5.41, 5.74) is 2.98. The molecular formula is C15H13ClN2O2S. The summed E-state index contributed by atoms with van der Waals surface area (Å²) in [4.78, 5) is 9.49. The molecule has 4 nitrogen and oxygen atoms in total. The first-order valence-corrected chi connectivity index (χ1v) is 8.42. The van der Waals surface area contributed by atoms with Gasteiger partial charge in [-0.05, 0) is 36.2 Å². The van der Waals surface area contributed by atoms with E-state index in [1.165, 1.54) is 0 Å². The lowest BCUT2D eigenvalue weighted by molar-refractivity contribution is 0.615. The molecule has 0 aliphatic heterocycles. The number of benzene rings is 1. The molecule has 108 valence electrons. The lowest BCUT2D eigenvalue weighted by Gasteiger charge is -2.02. The van der Waals surface area contributed by atoms with Crippen LogP contribution in [0.15, 0.2) is 39.6 Å². The van der Waals surface area contributed by atoms with Crippen molar-refractivity contribution in [1.29, 1.82) is 0 Å². The SMILES string of the molecule is CCc1ccc(Cl)nc1-c1nc2cc(S(C)=O)ccc2o1. The van der Waals surface area contributed by atoms with Gasteiger partial charge in [-0.25, -0.2) is 9.97 Å². The molecular weight excluding hydrogens is 308 g/mol. The van der Waals surface area contributed by atoms with Crippen LogP contribution in [-0.4, -0.2) is 20.4 Å². The maximum Gasteiger partial charge on any atom is 0.246 e. The Morgan fingerprint density at radius 3 is 2.76 bits per heavy atom. The largest absolute Gasteiger partial charge is 0.435 e. The number of aromatic nitrogens is 2. The van der Waals surface area contributed by atoms with Crippen molar-refractivity contribution in [2.45, 2.75) is 18.2 Å². The van der Waals surface area contributed by atoms with Crippen molar-refractivity contribution in [2.75, 3.05) is 6.26 Å². The lowest BCUT2D eigenvalue weighted by atomic mass is 10.1. The van der Waals surface area contributed by atoms with Gasteiger partial charge in [0.15, 0.2) is 5.58 Å². The number of oxazole rings is 1. The Labute approximate surface area is 129 Å². The van der Waals surface area contributed by atoms with Gasteiger partial charge in [0.2, 0.25) is 5.89 Å². The molecule has 0 bridgehead atoms. The zero-order valence-electron chi connectivity index (χ0n) is 11.6. The topological polar surface area (TPSA) is 56.0 Å². The summed E-state index contributed by atoms with van der Waals surface area (Å²) in [6.07, 6.45) is 2.44. The van der Waals surface area contributed by atoms with E-state index in [1.807, 2.05) is 13.0 Å². The minimum atomic E-state index is -1.05. The van der Waals surface area contributed by atoms with Gasteiger partial charge in [0.1, 0.15) is 16.4 Å².